The van der Waals surface area contributed by atoms with Gasteiger partial charge in [0.1, 0.15) is 0 Å². The summed E-state index contributed by atoms with van der Waals surface area (Å²) in [5, 5.41) is 7.25. The molecule has 0 amide bonds. The molecule has 0 radical (unpaired) electrons. The summed E-state index contributed by atoms with van der Waals surface area (Å²) in [4.78, 5) is 0. The predicted octanol–water partition coefficient (Wildman–Crippen LogP) is 13.0. The Morgan fingerprint density at radius 3 is 1.69 bits per heavy atom. The number of fused-ring (bicyclic) bond motifs is 17. The Bertz CT molecular complexity index is 3720. The van der Waals surface area contributed by atoms with Crippen LogP contribution in [0.15, 0.2) is 103 Å². The largest absolute Gasteiger partial charge is 0.315 e. The van der Waals surface area contributed by atoms with Gasteiger partial charge in [-0.25, -0.2) is 0 Å². The Morgan fingerprint density at radius 1 is 0.469 bits per heavy atom. The highest BCUT2D eigenvalue weighted by Crippen LogP contribution is 2.65. The van der Waals surface area contributed by atoms with Crippen molar-refractivity contribution < 1.29 is 0 Å². The lowest BCUT2D eigenvalue weighted by molar-refractivity contribution is 0.333. The summed E-state index contributed by atoms with van der Waals surface area (Å²) in [6, 6.07) is 41.5. The molecule has 3 aliphatic heterocycles. The van der Waals surface area contributed by atoms with Crippen LogP contribution in [0.3, 0.4) is 0 Å². The summed E-state index contributed by atoms with van der Waals surface area (Å²) in [7, 11) is 0. The fourth-order valence-corrected chi connectivity index (χ4v) is 15.5. The van der Waals surface area contributed by atoms with E-state index in [-0.39, 0.29) is 28.4 Å². The second-order valence-corrected chi connectivity index (χ2v) is 23.7. The maximum atomic E-state index is 2.90. The summed E-state index contributed by atoms with van der Waals surface area (Å²) >= 11 is 0. The lowest BCUT2D eigenvalue weighted by Gasteiger charge is -2.47. The second kappa shape index (κ2) is 10.8. The number of nitrogens with zero attached hydrogens (tertiary/aromatic N) is 2. The highest BCUT2D eigenvalue weighted by molar-refractivity contribution is 7.00. The summed E-state index contributed by atoms with van der Waals surface area (Å²) in [5.41, 5.74) is 28.8. The first-order chi connectivity index (χ1) is 30.6. The van der Waals surface area contributed by atoms with Gasteiger partial charge in [-0.05, 0) is 156 Å². The third kappa shape index (κ3) is 3.73. The molecule has 9 aromatic rings. The van der Waals surface area contributed by atoms with E-state index < -0.39 is 5.41 Å². The molecule has 3 heteroatoms. The molecular formula is C61H55BN2. The van der Waals surface area contributed by atoms with Gasteiger partial charge in [-0.2, -0.15) is 0 Å². The zero-order chi connectivity index (χ0) is 43.5. The fraction of sp³-hybridized carbons (Fsp3) is 0.311. The normalized spacial score (nSPS) is 19.8. The van der Waals surface area contributed by atoms with Crippen molar-refractivity contribution in [1.82, 2.24) is 9.13 Å². The molecule has 0 bridgehead atoms. The second-order valence-electron chi connectivity index (χ2n) is 23.7. The molecule has 312 valence electrons. The quantitative estimate of drug-likeness (QED) is 0.135. The van der Waals surface area contributed by atoms with Gasteiger partial charge in [0.15, 0.2) is 0 Å². The topological polar surface area (TPSA) is 9.86 Å². The van der Waals surface area contributed by atoms with E-state index in [2.05, 4.69) is 181 Å². The van der Waals surface area contributed by atoms with Crippen LogP contribution in [0, 0.1) is 13.8 Å². The van der Waals surface area contributed by atoms with Gasteiger partial charge in [0.05, 0.1) is 10.9 Å². The monoisotopic (exact) mass is 826 g/mol. The Balaban J connectivity index is 1.29. The summed E-state index contributed by atoms with van der Waals surface area (Å²) in [5.74, 6) is 0. The highest BCUT2D eigenvalue weighted by atomic mass is 15.1. The van der Waals surface area contributed by atoms with Gasteiger partial charge in [-0.15, -0.1) is 0 Å². The van der Waals surface area contributed by atoms with Crippen LogP contribution in [0.1, 0.15) is 137 Å². The molecule has 2 nitrogen and oxygen atoms in total. The van der Waals surface area contributed by atoms with E-state index in [1.54, 1.807) is 33.0 Å². The van der Waals surface area contributed by atoms with Crippen molar-refractivity contribution in [3.63, 3.8) is 0 Å². The third-order valence-corrected chi connectivity index (χ3v) is 18.7. The number of benzene rings is 7. The first kappa shape index (κ1) is 36.5. The molecule has 15 rings (SSSR count). The van der Waals surface area contributed by atoms with Crippen molar-refractivity contribution in [2.45, 2.75) is 122 Å². The number of aromatic nitrogens is 2. The van der Waals surface area contributed by atoms with Gasteiger partial charge in [-0.1, -0.05) is 152 Å². The SMILES string of the molecule is Cc1c(C)n2c3c(cc4ccccc4c13)B1c3c-2ccc2c3-n3c4c1cc1c(c4c4c5c(cc(c43)C23c2ccccc2-c2ccccc23)C(C)(C)CCC5(C)C)C(C)(C)CCC1(C)C. The predicted molar refractivity (Wildman–Crippen MR) is 271 cm³/mol. The van der Waals surface area contributed by atoms with Gasteiger partial charge < -0.3 is 9.13 Å². The van der Waals surface area contributed by atoms with E-state index in [1.807, 2.05) is 0 Å². The molecular weight excluding hydrogens is 771 g/mol. The molecule has 0 N–H and O–H groups in total. The number of hydrogen-bond donors (Lipinski definition) is 0. The fourth-order valence-electron chi connectivity index (χ4n) is 15.5. The Morgan fingerprint density at radius 2 is 1.02 bits per heavy atom. The summed E-state index contributed by atoms with van der Waals surface area (Å²) < 4.78 is 5.59. The van der Waals surface area contributed by atoms with Crippen LogP contribution in [-0.2, 0) is 27.1 Å². The first-order valence-electron chi connectivity index (χ1n) is 24.2. The van der Waals surface area contributed by atoms with Gasteiger partial charge in [0, 0.05) is 44.3 Å². The molecule has 2 aromatic heterocycles. The molecule has 0 fully saturated rings. The van der Waals surface area contributed by atoms with E-state index >= 15 is 0 Å². The van der Waals surface area contributed by atoms with Gasteiger partial charge in [0.25, 0.3) is 6.71 Å². The van der Waals surface area contributed by atoms with Crippen molar-refractivity contribution >= 4 is 66.6 Å². The average molecular weight is 827 g/mol. The third-order valence-electron chi connectivity index (χ3n) is 18.7. The van der Waals surface area contributed by atoms with Gasteiger partial charge in [-0.3, -0.25) is 0 Å². The molecule has 64 heavy (non-hydrogen) atoms. The maximum absolute atomic E-state index is 2.90. The Labute approximate surface area is 377 Å². The first-order valence-corrected chi connectivity index (χ1v) is 24.2. The molecule has 1 spiro atoms. The van der Waals surface area contributed by atoms with E-state index in [0.717, 1.165) is 0 Å². The van der Waals surface area contributed by atoms with Crippen LogP contribution < -0.4 is 16.4 Å². The molecule has 5 heterocycles. The minimum Gasteiger partial charge on any atom is -0.315 e. The lowest BCUT2D eigenvalue weighted by atomic mass is 9.33. The van der Waals surface area contributed by atoms with Gasteiger partial charge in [0.2, 0.25) is 0 Å². The number of aryl methyl sites for hydroxylation is 1. The zero-order valence-electron chi connectivity index (χ0n) is 39.1. The summed E-state index contributed by atoms with van der Waals surface area (Å²) in [6.45, 7) is 25.4. The van der Waals surface area contributed by atoms with Crippen molar-refractivity contribution in [3.8, 4) is 22.5 Å². The van der Waals surface area contributed by atoms with E-state index in [0.29, 0.717) is 0 Å². The van der Waals surface area contributed by atoms with E-state index in [1.165, 1.54) is 131 Å². The Kier molecular flexibility index (Phi) is 6.18. The van der Waals surface area contributed by atoms with Crippen LogP contribution in [0.2, 0.25) is 0 Å². The Hall–Kier alpha value is -5.80. The van der Waals surface area contributed by atoms with Crippen molar-refractivity contribution in [2.75, 3.05) is 0 Å². The van der Waals surface area contributed by atoms with Crippen molar-refractivity contribution in [1.29, 1.82) is 0 Å². The van der Waals surface area contributed by atoms with Crippen molar-refractivity contribution in [2.24, 2.45) is 0 Å². The zero-order valence-corrected chi connectivity index (χ0v) is 39.1. The van der Waals surface area contributed by atoms with E-state index in [9.17, 15) is 0 Å². The molecule has 0 atom stereocenters. The average Bonchev–Trinajstić information content (AvgIpc) is 3.88. The summed E-state index contributed by atoms with van der Waals surface area (Å²) in [6.07, 6.45) is 4.73. The van der Waals surface area contributed by atoms with Gasteiger partial charge >= 0.3 is 0 Å². The van der Waals surface area contributed by atoms with Crippen LogP contribution in [-0.4, -0.2) is 15.8 Å². The minimum absolute atomic E-state index is 0.00220. The maximum Gasteiger partial charge on any atom is 0.252 e. The van der Waals surface area contributed by atoms with Crippen LogP contribution >= 0.6 is 0 Å². The minimum atomic E-state index is -0.496. The van der Waals surface area contributed by atoms with Crippen LogP contribution in [0.5, 0.6) is 0 Å². The standard InChI is InChI=1S/C61H55BN2/c1-32-33(2)63-46-24-23-40-54-52(46)62(44-29-34-17-11-12-18-35(34)47(32)55(44)63)45-31-42-51(60(9,10)28-26-58(42,5)6)49-48-50-41(57(3,4)25-27-59(50,7)8)30-43(53(48)64(54)56(45)49)61(40)38-21-15-13-19-36(38)37-20-14-16-22-39(37)61/h11-24,29-31H,25-28H2,1-10H3. The smallest absolute Gasteiger partial charge is 0.252 e. The molecule has 6 aliphatic rings. The van der Waals surface area contributed by atoms with E-state index in [4.69, 9.17) is 0 Å². The van der Waals surface area contributed by atoms with Crippen LogP contribution in [0.25, 0.3) is 66.0 Å². The highest BCUT2D eigenvalue weighted by Gasteiger charge is 2.57. The number of hydrogen-bond acceptors (Lipinski definition) is 0. The molecule has 7 aromatic carbocycles. The van der Waals surface area contributed by atoms with Crippen LogP contribution in [0.4, 0.5) is 0 Å². The lowest BCUT2D eigenvalue weighted by Crippen LogP contribution is -2.61. The molecule has 3 aliphatic carbocycles. The molecule has 0 unspecified atom stereocenters. The molecule has 0 saturated carbocycles. The number of rotatable bonds is 0. The van der Waals surface area contributed by atoms with Crippen molar-refractivity contribution in [3.05, 3.63) is 159 Å². The molecule has 0 saturated heterocycles.